The van der Waals surface area contributed by atoms with Crippen molar-refractivity contribution in [3.63, 3.8) is 0 Å². The lowest BCUT2D eigenvalue weighted by atomic mass is 10.3. The maximum absolute atomic E-state index is 13.6. The molecule has 4 aromatic rings. The molecule has 0 aromatic heterocycles. The normalized spacial score (nSPS) is 10.4. The molecule has 6 nitrogen and oxygen atoms in total. The molecule has 0 spiro atoms. The molecule has 2 N–H and O–H groups in total. The van der Waals surface area contributed by atoms with Crippen molar-refractivity contribution in [1.29, 1.82) is 0 Å². The maximum Gasteiger partial charge on any atom is 0.345 e. The lowest BCUT2D eigenvalue weighted by molar-refractivity contribution is 0.248. The number of rotatable bonds is 4. The Morgan fingerprint density at radius 2 is 1.06 bits per heavy atom. The number of anilines is 4. The maximum atomic E-state index is 13.6. The molecule has 0 aliphatic carbocycles. The summed E-state index contributed by atoms with van der Waals surface area (Å²) in [5, 5.41) is 9.19. The van der Waals surface area contributed by atoms with Gasteiger partial charge in [0, 0.05) is 16.4 Å². The summed E-state index contributed by atoms with van der Waals surface area (Å²) in [5.41, 5.74) is 1.83. The van der Waals surface area contributed by atoms with Gasteiger partial charge in [-0.25, -0.2) is 9.59 Å². The first-order valence-corrected chi connectivity index (χ1v) is 11.6. The number of halogens is 3. The molecular weight excluding hydrogens is 507 g/mol. The molecule has 0 saturated carbocycles. The topological polar surface area (TPSA) is 64.7 Å². The fraction of sp³-hybridized carbons (Fsp3) is 0. The molecule has 0 fully saturated rings. The summed E-state index contributed by atoms with van der Waals surface area (Å²) >= 11 is 18.2. The Morgan fingerprint density at radius 1 is 0.543 bits per heavy atom. The summed E-state index contributed by atoms with van der Waals surface area (Å²) in [6, 6.07) is 27.9. The highest BCUT2D eigenvalue weighted by atomic mass is 35.5. The van der Waals surface area contributed by atoms with Gasteiger partial charge in [0.25, 0.3) is 0 Å². The first kappa shape index (κ1) is 24.4. The molecule has 0 radical (unpaired) electrons. The van der Waals surface area contributed by atoms with Gasteiger partial charge in [-0.3, -0.25) is 0 Å². The predicted molar refractivity (Wildman–Crippen MR) is 144 cm³/mol. The van der Waals surface area contributed by atoms with Crippen LogP contribution in [-0.4, -0.2) is 12.1 Å². The molecule has 0 aliphatic rings. The Labute approximate surface area is 217 Å². The van der Waals surface area contributed by atoms with Crippen molar-refractivity contribution in [2.24, 2.45) is 0 Å². The Hall–Kier alpha value is -3.71. The number of para-hydroxylation sites is 2. The molecule has 9 heteroatoms. The zero-order valence-corrected chi connectivity index (χ0v) is 20.4. The van der Waals surface area contributed by atoms with E-state index in [0.717, 1.165) is 0 Å². The van der Waals surface area contributed by atoms with Crippen LogP contribution >= 0.6 is 34.8 Å². The van der Waals surface area contributed by atoms with Crippen molar-refractivity contribution in [3.8, 4) is 0 Å². The SMILES string of the molecule is O=C(Nc1ccccc1)N(c1ccccc1)N(C(=O)Nc1ccc(Cl)c(Cl)c1)c1ccc(Cl)cc1. The summed E-state index contributed by atoms with van der Waals surface area (Å²) < 4.78 is 0. The van der Waals surface area contributed by atoms with Gasteiger partial charge in [-0.15, -0.1) is 0 Å². The first-order valence-electron chi connectivity index (χ1n) is 10.5. The van der Waals surface area contributed by atoms with Gasteiger partial charge in [-0.2, -0.15) is 10.0 Å². The molecule has 176 valence electrons. The first-order chi connectivity index (χ1) is 16.9. The minimum atomic E-state index is -0.613. The zero-order valence-electron chi connectivity index (χ0n) is 18.2. The van der Waals surface area contributed by atoms with E-state index >= 15 is 0 Å². The minimum absolute atomic E-state index is 0.282. The molecule has 0 aliphatic heterocycles. The summed E-state index contributed by atoms with van der Waals surface area (Å²) in [6.45, 7) is 0. The number of amides is 4. The van der Waals surface area contributed by atoms with Gasteiger partial charge in [-0.05, 0) is 66.7 Å². The van der Waals surface area contributed by atoms with Gasteiger partial charge in [0.05, 0.1) is 21.4 Å². The van der Waals surface area contributed by atoms with Crippen molar-refractivity contribution < 1.29 is 9.59 Å². The average Bonchev–Trinajstić information content (AvgIpc) is 2.86. The van der Waals surface area contributed by atoms with Crippen LogP contribution in [0.25, 0.3) is 0 Å². The Balaban J connectivity index is 1.77. The smallest absolute Gasteiger partial charge is 0.306 e. The number of carbonyl (C=O) groups is 2. The Bertz CT molecular complexity index is 1320. The van der Waals surface area contributed by atoms with Crippen molar-refractivity contribution >= 4 is 69.6 Å². The van der Waals surface area contributed by atoms with Gasteiger partial charge in [-0.1, -0.05) is 71.2 Å². The van der Waals surface area contributed by atoms with Gasteiger partial charge in [0.2, 0.25) is 0 Å². The standard InChI is InChI=1S/C26H19Cl3N4O2/c27-18-11-14-22(15-12-18)33(26(35)31-20-13-16-23(28)24(29)17-20)32(21-9-5-2-6-10-21)25(34)30-19-7-3-1-4-8-19/h1-17H,(H,30,34)(H,31,35). The van der Waals surface area contributed by atoms with Crippen LogP contribution in [0.5, 0.6) is 0 Å². The van der Waals surface area contributed by atoms with Gasteiger partial charge in [0.1, 0.15) is 0 Å². The van der Waals surface area contributed by atoms with Crippen LogP contribution in [0.15, 0.2) is 103 Å². The highest BCUT2D eigenvalue weighted by Crippen LogP contribution is 2.28. The van der Waals surface area contributed by atoms with Gasteiger partial charge >= 0.3 is 12.1 Å². The van der Waals surface area contributed by atoms with Crippen molar-refractivity contribution in [2.45, 2.75) is 0 Å². The molecule has 0 heterocycles. The van der Waals surface area contributed by atoms with Crippen molar-refractivity contribution in [2.75, 3.05) is 20.7 Å². The van der Waals surface area contributed by atoms with Gasteiger partial charge in [0.15, 0.2) is 0 Å². The van der Waals surface area contributed by atoms with Crippen LogP contribution in [0.3, 0.4) is 0 Å². The van der Waals surface area contributed by atoms with E-state index in [1.165, 1.54) is 16.1 Å². The predicted octanol–water partition coefficient (Wildman–Crippen LogP) is 8.34. The molecular formula is C26H19Cl3N4O2. The molecule has 35 heavy (non-hydrogen) atoms. The van der Waals surface area contributed by atoms with E-state index in [2.05, 4.69) is 10.6 Å². The highest BCUT2D eigenvalue weighted by molar-refractivity contribution is 6.42. The second-order valence-electron chi connectivity index (χ2n) is 7.29. The Kier molecular flexibility index (Phi) is 7.77. The van der Waals surface area contributed by atoms with E-state index in [0.29, 0.717) is 32.8 Å². The van der Waals surface area contributed by atoms with E-state index in [9.17, 15) is 9.59 Å². The van der Waals surface area contributed by atoms with Crippen LogP contribution < -0.4 is 20.7 Å². The molecule has 0 saturated heterocycles. The average molecular weight is 526 g/mol. The minimum Gasteiger partial charge on any atom is -0.306 e. The largest absolute Gasteiger partial charge is 0.345 e. The second kappa shape index (κ2) is 11.1. The Morgan fingerprint density at radius 3 is 1.63 bits per heavy atom. The molecule has 0 unspecified atom stereocenters. The van der Waals surface area contributed by atoms with Crippen LogP contribution in [0.2, 0.25) is 15.1 Å². The van der Waals surface area contributed by atoms with Crippen molar-refractivity contribution in [1.82, 2.24) is 0 Å². The number of urea groups is 2. The summed E-state index contributed by atoms with van der Waals surface area (Å²) in [7, 11) is 0. The van der Waals surface area contributed by atoms with Crippen molar-refractivity contribution in [3.05, 3.63) is 118 Å². The molecule has 0 atom stereocenters. The van der Waals surface area contributed by atoms with E-state index in [4.69, 9.17) is 34.8 Å². The van der Waals surface area contributed by atoms with E-state index < -0.39 is 12.1 Å². The summed E-state index contributed by atoms with van der Waals surface area (Å²) in [4.78, 5) is 27.2. The fourth-order valence-electron chi connectivity index (χ4n) is 3.25. The summed E-state index contributed by atoms with van der Waals surface area (Å²) in [5.74, 6) is 0. The lowest BCUT2D eigenvalue weighted by Crippen LogP contribution is -2.53. The second-order valence-corrected chi connectivity index (χ2v) is 8.54. The summed E-state index contributed by atoms with van der Waals surface area (Å²) in [6.07, 6.45) is 0. The molecule has 4 rings (SSSR count). The number of nitrogens with one attached hydrogen (secondary N) is 2. The zero-order chi connectivity index (χ0) is 24.8. The lowest BCUT2D eigenvalue weighted by Gasteiger charge is -2.34. The number of hydrogen-bond donors (Lipinski definition) is 2. The third-order valence-corrected chi connectivity index (χ3v) is 5.84. The monoisotopic (exact) mass is 524 g/mol. The third-order valence-electron chi connectivity index (χ3n) is 4.85. The number of benzene rings is 4. The van der Waals surface area contributed by atoms with Crippen LogP contribution in [0, 0.1) is 0 Å². The number of hydrazine groups is 1. The van der Waals surface area contributed by atoms with Gasteiger partial charge < -0.3 is 10.6 Å². The molecule has 4 amide bonds. The van der Waals surface area contributed by atoms with E-state index in [1.807, 2.05) is 12.1 Å². The van der Waals surface area contributed by atoms with E-state index in [-0.39, 0.29) is 5.02 Å². The quantitative estimate of drug-likeness (QED) is 0.263. The van der Waals surface area contributed by atoms with Crippen LogP contribution in [0.4, 0.5) is 32.3 Å². The number of nitrogens with zero attached hydrogens (tertiary/aromatic N) is 2. The third kappa shape index (κ3) is 6.05. The number of hydrogen-bond acceptors (Lipinski definition) is 2. The molecule has 0 bridgehead atoms. The molecule has 4 aromatic carbocycles. The fourth-order valence-corrected chi connectivity index (χ4v) is 3.67. The van der Waals surface area contributed by atoms with Crippen LogP contribution in [0.1, 0.15) is 0 Å². The van der Waals surface area contributed by atoms with Crippen LogP contribution in [-0.2, 0) is 0 Å². The van der Waals surface area contributed by atoms with E-state index in [1.54, 1.807) is 84.9 Å². The number of carbonyl (C=O) groups excluding carboxylic acids is 2. The highest BCUT2D eigenvalue weighted by Gasteiger charge is 2.30.